The lowest BCUT2D eigenvalue weighted by molar-refractivity contribution is -0.130. The third-order valence-electron chi connectivity index (χ3n) is 8.06. The predicted octanol–water partition coefficient (Wildman–Crippen LogP) is 4.45. The highest BCUT2D eigenvalue weighted by Gasteiger charge is 2.31. The summed E-state index contributed by atoms with van der Waals surface area (Å²) in [5.41, 5.74) is 1.95. The third kappa shape index (κ3) is 5.09. The molecule has 0 atom stereocenters. The Morgan fingerprint density at radius 1 is 1.00 bits per heavy atom. The molecular weight excluding hydrogens is 504 g/mol. The molecule has 9 nitrogen and oxygen atoms in total. The van der Waals surface area contributed by atoms with Crippen molar-refractivity contribution in [3.8, 4) is 17.1 Å². The monoisotopic (exact) mass is 536 g/mol. The summed E-state index contributed by atoms with van der Waals surface area (Å²) in [5.74, 6) is 0.850. The number of likely N-dealkylation sites (tertiary alicyclic amines) is 1. The fourth-order valence-electron chi connectivity index (χ4n) is 6.07. The van der Waals surface area contributed by atoms with Crippen LogP contribution in [0, 0.1) is 0 Å². The summed E-state index contributed by atoms with van der Waals surface area (Å²) >= 11 is 6.30. The number of rotatable bonds is 6. The fraction of sp³-hybridized carbons (Fsp3) is 0.500. The molecule has 2 aliphatic heterocycles. The van der Waals surface area contributed by atoms with Crippen molar-refractivity contribution in [1.82, 2.24) is 24.0 Å². The van der Waals surface area contributed by atoms with E-state index in [4.69, 9.17) is 21.3 Å². The number of aromatic nitrogens is 4. The first-order valence-electron chi connectivity index (χ1n) is 13.6. The maximum absolute atomic E-state index is 13.7. The van der Waals surface area contributed by atoms with E-state index in [0.29, 0.717) is 59.6 Å². The number of hydrogen-bond acceptors (Lipinski definition) is 6. The number of amides is 1. The zero-order chi connectivity index (χ0) is 26.1. The second-order valence-electron chi connectivity index (χ2n) is 10.5. The fourth-order valence-corrected chi connectivity index (χ4v) is 6.26. The topological polar surface area (TPSA) is 94.3 Å². The van der Waals surface area contributed by atoms with Gasteiger partial charge >= 0.3 is 5.69 Å². The van der Waals surface area contributed by atoms with Crippen molar-refractivity contribution in [1.29, 1.82) is 0 Å². The molecule has 1 saturated carbocycles. The van der Waals surface area contributed by atoms with E-state index in [-0.39, 0.29) is 17.8 Å². The SMILES string of the molecule is O=C1CCCN1C1CCC(Nc2nccc(-c3cn(C4CCOCC4)c(=O)n3-c3cccc(Cl)c3)n2)CC1. The lowest BCUT2D eigenvalue weighted by Crippen LogP contribution is -2.41. The summed E-state index contributed by atoms with van der Waals surface area (Å²) in [5, 5.41) is 4.07. The van der Waals surface area contributed by atoms with Crippen LogP contribution in [0.4, 0.5) is 5.95 Å². The average molecular weight is 537 g/mol. The highest BCUT2D eigenvalue weighted by Crippen LogP contribution is 2.29. The number of nitrogens with zero attached hydrogens (tertiary/aromatic N) is 5. The molecule has 1 aromatic carbocycles. The lowest BCUT2D eigenvalue weighted by atomic mass is 9.90. The molecule has 1 amide bonds. The summed E-state index contributed by atoms with van der Waals surface area (Å²) < 4.78 is 9.02. The van der Waals surface area contributed by atoms with Crippen molar-refractivity contribution in [2.75, 3.05) is 25.1 Å². The Kier molecular flexibility index (Phi) is 7.21. The van der Waals surface area contributed by atoms with Crippen LogP contribution < -0.4 is 11.0 Å². The van der Waals surface area contributed by atoms with Gasteiger partial charge in [0.25, 0.3) is 0 Å². The molecule has 6 rings (SSSR count). The van der Waals surface area contributed by atoms with Crippen LogP contribution in [-0.2, 0) is 9.53 Å². The van der Waals surface area contributed by atoms with Crippen LogP contribution in [0.2, 0.25) is 5.02 Å². The van der Waals surface area contributed by atoms with Crippen molar-refractivity contribution in [2.24, 2.45) is 0 Å². The molecule has 0 bridgehead atoms. The smallest absolute Gasteiger partial charge is 0.333 e. The zero-order valence-corrected chi connectivity index (χ0v) is 22.1. The number of halogens is 1. The van der Waals surface area contributed by atoms with Crippen molar-refractivity contribution in [3.05, 3.63) is 58.2 Å². The van der Waals surface area contributed by atoms with Gasteiger partial charge in [0, 0.05) is 61.7 Å². The summed E-state index contributed by atoms with van der Waals surface area (Å²) in [7, 11) is 0. The van der Waals surface area contributed by atoms with E-state index in [0.717, 1.165) is 51.5 Å². The van der Waals surface area contributed by atoms with Gasteiger partial charge in [-0.25, -0.2) is 14.8 Å². The van der Waals surface area contributed by atoms with Gasteiger partial charge in [0.15, 0.2) is 0 Å². The molecule has 3 aromatic rings. The molecule has 0 unspecified atom stereocenters. The largest absolute Gasteiger partial charge is 0.381 e. The van der Waals surface area contributed by atoms with Crippen LogP contribution in [0.1, 0.15) is 57.4 Å². The van der Waals surface area contributed by atoms with Gasteiger partial charge in [0.1, 0.15) is 0 Å². The van der Waals surface area contributed by atoms with E-state index >= 15 is 0 Å². The number of imidazole rings is 1. The van der Waals surface area contributed by atoms with Gasteiger partial charge in [-0.15, -0.1) is 0 Å². The molecule has 1 N–H and O–H groups in total. The Morgan fingerprint density at radius 3 is 2.55 bits per heavy atom. The molecule has 4 heterocycles. The Balaban J connectivity index is 1.26. The van der Waals surface area contributed by atoms with Gasteiger partial charge < -0.3 is 15.0 Å². The van der Waals surface area contributed by atoms with Crippen LogP contribution in [-0.4, -0.2) is 61.8 Å². The Morgan fingerprint density at radius 2 is 1.82 bits per heavy atom. The molecule has 10 heteroatoms. The number of ether oxygens (including phenoxy) is 1. The van der Waals surface area contributed by atoms with Gasteiger partial charge in [-0.3, -0.25) is 13.9 Å². The van der Waals surface area contributed by atoms with Crippen LogP contribution in [0.25, 0.3) is 17.1 Å². The Bertz CT molecular complexity index is 1360. The summed E-state index contributed by atoms with van der Waals surface area (Å²) in [6, 6.07) is 9.84. The normalized spacial score (nSPS) is 22.7. The third-order valence-corrected chi connectivity index (χ3v) is 8.30. The summed E-state index contributed by atoms with van der Waals surface area (Å²) in [4.78, 5) is 37.2. The molecule has 3 fully saturated rings. The van der Waals surface area contributed by atoms with E-state index in [9.17, 15) is 9.59 Å². The molecule has 200 valence electrons. The lowest BCUT2D eigenvalue weighted by Gasteiger charge is -2.34. The molecule has 3 aliphatic rings. The van der Waals surface area contributed by atoms with Gasteiger partial charge in [-0.2, -0.15) is 0 Å². The number of carbonyl (C=O) groups excluding carboxylic acids is 1. The van der Waals surface area contributed by atoms with E-state index in [2.05, 4.69) is 15.2 Å². The highest BCUT2D eigenvalue weighted by molar-refractivity contribution is 6.30. The minimum Gasteiger partial charge on any atom is -0.381 e. The van der Waals surface area contributed by atoms with E-state index in [1.807, 2.05) is 29.0 Å². The van der Waals surface area contributed by atoms with Crippen LogP contribution >= 0.6 is 11.6 Å². The van der Waals surface area contributed by atoms with Gasteiger partial charge in [-0.1, -0.05) is 17.7 Å². The summed E-state index contributed by atoms with van der Waals surface area (Å²) in [6.45, 7) is 2.18. The first-order valence-corrected chi connectivity index (χ1v) is 14.0. The number of benzene rings is 1. The molecule has 1 aliphatic carbocycles. The summed E-state index contributed by atoms with van der Waals surface area (Å²) in [6.07, 6.45) is 10.8. The Labute approximate surface area is 226 Å². The zero-order valence-electron chi connectivity index (χ0n) is 21.4. The molecule has 2 saturated heterocycles. The maximum atomic E-state index is 13.7. The van der Waals surface area contributed by atoms with Gasteiger partial charge in [-0.05, 0) is 69.2 Å². The second kappa shape index (κ2) is 10.9. The quantitative estimate of drug-likeness (QED) is 0.500. The van der Waals surface area contributed by atoms with Crippen molar-refractivity contribution in [3.63, 3.8) is 0 Å². The molecular formula is C28H33ClN6O3. The molecule has 0 radical (unpaired) electrons. The van der Waals surface area contributed by atoms with Crippen molar-refractivity contribution < 1.29 is 9.53 Å². The maximum Gasteiger partial charge on any atom is 0.333 e. The average Bonchev–Trinajstić information content (AvgIpc) is 3.52. The van der Waals surface area contributed by atoms with Crippen LogP contribution in [0.15, 0.2) is 47.5 Å². The highest BCUT2D eigenvalue weighted by atomic mass is 35.5. The molecule has 2 aromatic heterocycles. The minimum atomic E-state index is -0.114. The van der Waals surface area contributed by atoms with E-state index in [1.54, 1.807) is 22.9 Å². The van der Waals surface area contributed by atoms with Crippen molar-refractivity contribution in [2.45, 2.75) is 69.5 Å². The number of hydrogen-bond donors (Lipinski definition) is 1. The standard InChI is InChI=1S/C28H33ClN6O3/c29-19-3-1-4-23(17-19)35-25(18-34(28(35)37)22-11-15-38-16-12-22)24-10-13-30-27(32-24)31-20-6-8-21(9-7-20)33-14-2-5-26(33)36/h1,3-4,10,13,17-18,20-22H,2,5-9,11-12,14-16H2,(H,30,31,32). The van der Waals surface area contributed by atoms with Gasteiger partial charge in [0.05, 0.1) is 17.1 Å². The van der Waals surface area contributed by atoms with E-state index in [1.165, 1.54) is 0 Å². The van der Waals surface area contributed by atoms with Crippen LogP contribution in [0.5, 0.6) is 0 Å². The first kappa shape index (κ1) is 25.1. The van der Waals surface area contributed by atoms with Crippen molar-refractivity contribution >= 4 is 23.5 Å². The number of carbonyl (C=O) groups is 1. The molecule has 38 heavy (non-hydrogen) atoms. The van der Waals surface area contributed by atoms with Crippen LogP contribution in [0.3, 0.4) is 0 Å². The number of anilines is 1. The molecule has 0 spiro atoms. The number of nitrogens with one attached hydrogen (secondary N) is 1. The minimum absolute atomic E-state index is 0.0764. The van der Waals surface area contributed by atoms with Gasteiger partial charge in [0.2, 0.25) is 11.9 Å². The first-order chi connectivity index (χ1) is 18.6. The Hall–Kier alpha value is -3.17. The van der Waals surface area contributed by atoms with E-state index < -0.39 is 0 Å². The predicted molar refractivity (Wildman–Crippen MR) is 146 cm³/mol. The second-order valence-corrected chi connectivity index (χ2v) is 10.9.